The fourth-order valence-electron chi connectivity index (χ4n) is 4.52. The number of anilines is 2. The predicted octanol–water partition coefficient (Wildman–Crippen LogP) is 3.55. The lowest BCUT2D eigenvalue weighted by atomic mass is 9.97. The Morgan fingerprint density at radius 2 is 1.93 bits per heavy atom. The molecule has 2 aromatic heterocycles. The fourth-order valence-corrected chi connectivity index (χ4v) is 4.52. The maximum Gasteiger partial charge on any atom is 0.229 e. The van der Waals surface area contributed by atoms with Crippen LogP contribution in [0.3, 0.4) is 0 Å². The molecular formula is C22H25FN6O. The summed E-state index contributed by atoms with van der Waals surface area (Å²) in [5.41, 5.74) is 2.35. The van der Waals surface area contributed by atoms with Gasteiger partial charge in [-0.15, -0.1) is 0 Å². The van der Waals surface area contributed by atoms with Crippen LogP contribution in [0.5, 0.6) is 0 Å². The highest BCUT2D eigenvalue weighted by Gasteiger charge is 2.29. The van der Waals surface area contributed by atoms with Crippen molar-refractivity contribution in [2.45, 2.75) is 45.1 Å². The molecule has 7 nitrogen and oxygen atoms in total. The monoisotopic (exact) mass is 408 g/mol. The van der Waals surface area contributed by atoms with Gasteiger partial charge in [0.1, 0.15) is 18.0 Å². The van der Waals surface area contributed by atoms with Crippen LogP contribution in [-0.4, -0.2) is 38.5 Å². The number of piperidine rings is 1. The van der Waals surface area contributed by atoms with Gasteiger partial charge in [0.25, 0.3) is 0 Å². The standard InChI is InChI=1S/C22H25FN6O/c23-16-7-9-17(10-8-16)26-22(30)15-5-4-11-28(13-15)20-19-21(25-14-24-20)29-12-3-1-2-6-18(29)27-19/h7-10,14-15H,1-6,11-13H2,(H,26,30)/t15-/m1/s1. The zero-order chi connectivity index (χ0) is 20.5. The number of nitrogens with one attached hydrogen (secondary N) is 1. The van der Waals surface area contributed by atoms with E-state index in [1.165, 1.54) is 18.6 Å². The third-order valence-corrected chi connectivity index (χ3v) is 6.08. The van der Waals surface area contributed by atoms with Crippen molar-refractivity contribution in [3.63, 3.8) is 0 Å². The number of benzene rings is 1. The molecule has 1 saturated heterocycles. The van der Waals surface area contributed by atoms with Crippen molar-refractivity contribution in [2.75, 3.05) is 23.3 Å². The van der Waals surface area contributed by atoms with E-state index in [2.05, 4.69) is 24.8 Å². The average Bonchev–Trinajstić information content (AvgIpc) is 2.96. The maximum absolute atomic E-state index is 13.1. The first-order valence-electron chi connectivity index (χ1n) is 10.7. The van der Waals surface area contributed by atoms with Gasteiger partial charge in [-0.2, -0.15) is 0 Å². The summed E-state index contributed by atoms with van der Waals surface area (Å²) >= 11 is 0. The number of aryl methyl sites for hydroxylation is 2. The lowest BCUT2D eigenvalue weighted by Crippen LogP contribution is -2.41. The number of carbonyl (C=O) groups is 1. The summed E-state index contributed by atoms with van der Waals surface area (Å²) in [6.07, 6.45) is 7.82. The van der Waals surface area contributed by atoms with Crippen LogP contribution in [0.4, 0.5) is 15.9 Å². The molecule has 2 aliphatic heterocycles. The second-order valence-corrected chi connectivity index (χ2v) is 8.14. The number of aromatic nitrogens is 4. The molecule has 0 aliphatic carbocycles. The van der Waals surface area contributed by atoms with Crippen molar-refractivity contribution in [3.8, 4) is 0 Å². The van der Waals surface area contributed by atoms with Crippen LogP contribution in [0, 0.1) is 11.7 Å². The molecule has 1 N–H and O–H groups in total. The smallest absolute Gasteiger partial charge is 0.229 e. The largest absolute Gasteiger partial charge is 0.354 e. The van der Waals surface area contributed by atoms with E-state index in [1.807, 2.05) is 0 Å². The van der Waals surface area contributed by atoms with Crippen LogP contribution in [-0.2, 0) is 17.8 Å². The lowest BCUT2D eigenvalue weighted by Gasteiger charge is -2.32. The van der Waals surface area contributed by atoms with Crippen molar-refractivity contribution < 1.29 is 9.18 Å². The molecule has 0 spiro atoms. The van der Waals surface area contributed by atoms with Crippen molar-refractivity contribution in [1.29, 1.82) is 0 Å². The van der Waals surface area contributed by atoms with E-state index in [-0.39, 0.29) is 17.6 Å². The second kappa shape index (κ2) is 8.01. The Balaban J connectivity index is 1.37. The van der Waals surface area contributed by atoms with Crippen LogP contribution in [0.1, 0.15) is 37.9 Å². The number of halogens is 1. The van der Waals surface area contributed by atoms with Gasteiger partial charge < -0.3 is 14.8 Å². The predicted molar refractivity (Wildman–Crippen MR) is 113 cm³/mol. The first-order chi connectivity index (χ1) is 14.7. The number of amides is 1. The van der Waals surface area contributed by atoms with Gasteiger partial charge in [0.05, 0.1) is 5.92 Å². The Bertz CT molecular complexity index is 1060. The highest BCUT2D eigenvalue weighted by molar-refractivity contribution is 5.93. The van der Waals surface area contributed by atoms with Crippen LogP contribution >= 0.6 is 0 Å². The molecule has 0 saturated carbocycles. The van der Waals surface area contributed by atoms with Crippen LogP contribution in [0.25, 0.3) is 11.2 Å². The quantitative estimate of drug-likeness (QED) is 0.717. The van der Waals surface area contributed by atoms with E-state index in [1.54, 1.807) is 18.5 Å². The zero-order valence-corrected chi connectivity index (χ0v) is 16.9. The van der Waals surface area contributed by atoms with Crippen molar-refractivity contribution in [1.82, 2.24) is 19.5 Å². The van der Waals surface area contributed by atoms with Gasteiger partial charge in [-0.05, 0) is 49.9 Å². The molecule has 1 atom stereocenters. The third-order valence-electron chi connectivity index (χ3n) is 6.08. The maximum atomic E-state index is 13.1. The van der Waals surface area contributed by atoms with Crippen molar-refractivity contribution in [3.05, 3.63) is 42.2 Å². The Kier molecular flexibility index (Phi) is 5.06. The van der Waals surface area contributed by atoms with Gasteiger partial charge in [-0.1, -0.05) is 6.42 Å². The molecule has 1 amide bonds. The molecular weight excluding hydrogens is 383 g/mol. The number of nitrogens with zero attached hydrogens (tertiary/aromatic N) is 5. The van der Waals surface area contributed by atoms with Gasteiger partial charge in [-0.25, -0.2) is 19.3 Å². The molecule has 0 bridgehead atoms. The van der Waals surface area contributed by atoms with E-state index >= 15 is 0 Å². The molecule has 156 valence electrons. The van der Waals surface area contributed by atoms with E-state index < -0.39 is 0 Å². The summed E-state index contributed by atoms with van der Waals surface area (Å²) in [5.74, 6) is 1.39. The highest BCUT2D eigenvalue weighted by atomic mass is 19.1. The first-order valence-corrected chi connectivity index (χ1v) is 10.7. The SMILES string of the molecule is O=C(Nc1ccc(F)cc1)[C@@H]1CCCN(c2ncnc3c2nc2n3CCCCC2)C1. The summed E-state index contributed by atoms with van der Waals surface area (Å²) in [7, 11) is 0. The average molecular weight is 408 g/mol. The summed E-state index contributed by atoms with van der Waals surface area (Å²) in [6, 6.07) is 5.87. The van der Waals surface area contributed by atoms with Gasteiger partial charge >= 0.3 is 0 Å². The molecule has 0 unspecified atom stereocenters. The minimum Gasteiger partial charge on any atom is -0.354 e. The fraction of sp³-hybridized carbons (Fsp3) is 0.455. The Hall–Kier alpha value is -3.03. The summed E-state index contributed by atoms with van der Waals surface area (Å²) < 4.78 is 15.3. The van der Waals surface area contributed by atoms with E-state index in [0.29, 0.717) is 12.2 Å². The molecule has 8 heteroatoms. The molecule has 3 aromatic rings. The van der Waals surface area contributed by atoms with Crippen LogP contribution in [0.2, 0.25) is 0 Å². The Morgan fingerprint density at radius 1 is 1.07 bits per heavy atom. The van der Waals surface area contributed by atoms with Crippen molar-refractivity contribution >= 4 is 28.6 Å². The Labute approximate surface area is 174 Å². The van der Waals surface area contributed by atoms with E-state index in [4.69, 9.17) is 4.98 Å². The number of fused-ring (bicyclic) bond motifs is 3. The molecule has 0 radical (unpaired) electrons. The number of rotatable bonds is 3. The third kappa shape index (κ3) is 3.62. The second-order valence-electron chi connectivity index (χ2n) is 8.14. The lowest BCUT2D eigenvalue weighted by molar-refractivity contribution is -0.120. The minimum atomic E-state index is -0.317. The minimum absolute atomic E-state index is 0.0442. The molecule has 5 rings (SSSR count). The van der Waals surface area contributed by atoms with Crippen LogP contribution in [0.15, 0.2) is 30.6 Å². The van der Waals surface area contributed by atoms with Crippen molar-refractivity contribution in [2.24, 2.45) is 5.92 Å². The summed E-state index contributed by atoms with van der Waals surface area (Å²) in [5, 5.41) is 2.91. The zero-order valence-electron chi connectivity index (χ0n) is 16.9. The number of hydrogen-bond acceptors (Lipinski definition) is 5. The van der Waals surface area contributed by atoms with E-state index in [0.717, 1.165) is 68.0 Å². The van der Waals surface area contributed by atoms with E-state index in [9.17, 15) is 9.18 Å². The van der Waals surface area contributed by atoms with Gasteiger partial charge in [0.2, 0.25) is 5.91 Å². The summed E-state index contributed by atoms with van der Waals surface area (Å²) in [4.78, 5) is 28.9. The molecule has 30 heavy (non-hydrogen) atoms. The summed E-state index contributed by atoms with van der Waals surface area (Å²) in [6.45, 7) is 2.38. The molecule has 1 fully saturated rings. The molecule has 2 aliphatic rings. The number of hydrogen-bond donors (Lipinski definition) is 1. The van der Waals surface area contributed by atoms with Gasteiger partial charge in [0, 0.05) is 31.7 Å². The van der Waals surface area contributed by atoms with Gasteiger partial charge in [0.15, 0.2) is 17.0 Å². The topological polar surface area (TPSA) is 75.9 Å². The number of carbonyl (C=O) groups excluding carboxylic acids is 1. The molecule has 4 heterocycles. The van der Waals surface area contributed by atoms with Gasteiger partial charge in [-0.3, -0.25) is 4.79 Å². The Morgan fingerprint density at radius 3 is 2.80 bits per heavy atom. The normalized spacial score (nSPS) is 19.4. The molecule has 1 aromatic carbocycles. The highest BCUT2D eigenvalue weighted by Crippen LogP contribution is 2.29. The first kappa shape index (κ1) is 19.0. The van der Waals surface area contributed by atoms with Crippen LogP contribution < -0.4 is 10.2 Å². The number of imidazole rings is 1.